The number of nitrogens with two attached hydrogens (primary N) is 1. The zero-order valence-corrected chi connectivity index (χ0v) is 13.4. The number of benzene rings is 1. The monoisotopic (exact) mass is 310 g/mol. The van der Waals surface area contributed by atoms with Crippen LogP contribution in [0.2, 0.25) is 0 Å². The van der Waals surface area contributed by atoms with Crippen molar-refractivity contribution >= 4 is 35.3 Å². The molecule has 0 aliphatic rings. The second-order valence-corrected chi connectivity index (χ2v) is 6.15. The van der Waals surface area contributed by atoms with Gasteiger partial charge < -0.3 is 11.1 Å². The third-order valence-electron chi connectivity index (χ3n) is 3.07. The first kappa shape index (κ1) is 16.5. The molecule has 2 aromatic rings. The second-order valence-electron chi connectivity index (χ2n) is 4.69. The first-order valence-electron chi connectivity index (χ1n) is 6.20. The number of carbonyl (C=O) groups excluding carboxylic acids is 1. The van der Waals surface area contributed by atoms with Crippen molar-refractivity contribution in [2.24, 2.45) is 0 Å². The van der Waals surface area contributed by atoms with Gasteiger partial charge in [0, 0.05) is 21.0 Å². The van der Waals surface area contributed by atoms with Crippen LogP contribution in [0, 0.1) is 13.8 Å². The van der Waals surface area contributed by atoms with E-state index >= 15 is 0 Å². The molecule has 1 aromatic carbocycles. The molecule has 0 spiro atoms. The summed E-state index contributed by atoms with van der Waals surface area (Å²) in [4.78, 5) is 14.6. The number of anilines is 1. The molecule has 0 bridgehead atoms. The van der Waals surface area contributed by atoms with E-state index in [4.69, 9.17) is 5.73 Å². The van der Waals surface area contributed by atoms with Crippen LogP contribution in [0.25, 0.3) is 0 Å². The van der Waals surface area contributed by atoms with E-state index in [1.54, 1.807) is 35.6 Å². The summed E-state index contributed by atoms with van der Waals surface area (Å²) in [6, 6.07) is 9.09. The Hall–Kier alpha value is -1.52. The van der Waals surface area contributed by atoms with Gasteiger partial charge in [-0.15, -0.1) is 23.7 Å². The molecule has 0 aliphatic heterocycles. The SMILES string of the molecule is Cc1cc(C(C)NC(=O)c2ccc(N)cc2)c(C)s1.Cl. The van der Waals surface area contributed by atoms with E-state index in [1.807, 2.05) is 6.92 Å². The summed E-state index contributed by atoms with van der Waals surface area (Å²) in [5, 5.41) is 3.01. The summed E-state index contributed by atoms with van der Waals surface area (Å²) in [6.07, 6.45) is 0. The van der Waals surface area contributed by atoms with Crippen molar-refractivity contribution in [1.29, 1.82) is 0 Å². The molecule has 1 amide bonds. The van der Waals surface area contributed by atoms with Crippen molar-refractivity contribution in [3.8, 4) is 0 Å². The lowest BCUT2D eigenvalue weighted by Gasteiger charge is -2.14. The number of nitrogens with one attached hydrogen (secondary N) is 1. The minimum atomic E-state index is -0.0734. The highest BCUT2D eigenvalue weighted by Gasteiger charge is 2.14. The van der Waals surface area contributed by atoms with E-state index in [1.165, 1.54) is 15.3 Å². The maximum absolute atomic E-state index is 12.1. The number of thiophene rings is 1. The van der Waals surface area contributed by atoms with E-state index in [-0.39, 0.29) is 24.4 Å². The molecule has 0 aliphatic carbocycles. The van der Waals surface area contributed by atoms with Gasteiger partial charge in [0.05, 0.1) is 6.04 Å². The molecule has 1 atom stereocenters. The van der Waals surface area contributed by atoms with Crippen molar-refractivity contribution < 1.29 is 4.79 Å². The van der Waals surface area contributed by atoms with E-state index in [9.17, 15) is 4.79 Å². The number of rotatable bonds is 3. The van der Waals surface area contributed by atoms with Gasteiger partial charge in [-0.25, -0.2) is 0 Å². The average molecular weight is 311 g/mol. The Labute approximate surface area is 129 Å². The number of carbonyl (C=O) groups is 1. The number of hydrogen-bond donors (Lipinski definition) is 2. The summed E-state index contributed by atoms with van der Waals surface area (Å²) in [5.74, 6) is -0.0734. The number of hydrogen-bond acceptors (Lipinski definition) is 3. The molecule has 5 heteroatoms. The van der Waals surface area contributed by atoms with Crippen molar-refractivity contribution in [2.75, 3.05) is 5.73 Å². The Morgan fingerprint density at radius 3 is 2.35 bits per heavy atom. The highest BCUT2D eigenvalue weighted by molar-refractivity contribution is 7.12. The number of amides is 1. The zero-order valence-electron chi connectivity index (χ0n) is 11.8. The minimum absolute atomic E-state index is 0. The van der Waals surface area contributed by atoms with Gasteiger partial charge in [-0.3, -0.25) is 4.79 Å². The van der Waals surface area contributed by atoms with E-state index in [0.29, 0.717) is 11.3 Å². The molecule has 1 unspecified atom stereocenters. The topological polar surface area (TPSA) is 55.1 Å². The summed E-state index contributed by atoms with van der Waals surface area (Å²) in [6.45, 7) is 6.16. The molecule has 3 N–H and O–H groups in total. The van der Waals surface area contributed by atoms with Crippen molar-refractivity contribution in [1.82, 2.24) is 5.32 Å². The lowest BCUT2D eigenvalue weighted by atomic mass is 10.1. The van der Waals surface area contributed by atoms with Crippen LogP contribution in [0.1, 0.15) is 38.6 Å². The molecule has 0 radical (unpaired) electrons. The summed E-state index contributed by atoms with van der Waals surface area (Å²) in [7, 11) is 0. The molecule has 0 saturated carbocycles. The molecule has 1 heterocycles. The number of aryl methyl sites for hydroxylation is 2. The fourth-order valence-electron chi connectivity index (χ4n) is 2.07. The van der Waals surface area contributed by atoms with Crippen LogP contribution in [0.3, 0.4) is 0 Å². The lowest BCUT2D eigenvalue weighted by Crippen LogP contribution is -2.26. The van der Waals surface area contributed by atoms with Gasteiger partial charge in [-0.1, -0.05) is 0 Å². The van der Waals surface area contributed by atoms with Gasteiger partial charge in [-0.05, 0) is 56.7 Å². The molecule has 1 aromatic heterocycles. The first-order valence-corrected chi connectivity index (χ1v) is 7.02. The van der Waals surface area contributed by atoms with Crippen LogP contribution in [0.4, 0.5) is 5.69 Å². The predicted molar refractivity (Wildman–Crippen MR) is 87.8 cm³/mol. The van der Waals surface area contributed by atoms with Crippen LogP contribution in [0.5, 0.6) is 0 Å². The number of halogens is 1. The normalized spacial score (nSPS) is 11.6. The molecular formula is C15H19ClN2OS. The van der Waals surface area contributed by atoms with Crippen LogP contribution in [0.15, 0.2) is 30.3 Å². The average Bonchev–Trinajstić information content (AvgIpc) is 2.69. The number of nitrogen functional groups attached to an aromatic ring is 1. The van der Waals surface area contributed by atoms with Gasteiger partial charge in [0.1, 0.15) is 0 Å². The van der Waals surface area contributed by atoms with Crippen LogP contribution in [-0.4, -0.2) is 5.91 Å². The summed E-state index contributed by atoms with van der Waals surface area (Å²) in [5.41, 5.74) is 8.09. The van der Waals surface area contributed by atoms with E-state index < -0.39 is 0 Å². The standard InChI is InChI=1S/C15H18N2OS.ClH/c1-9-8-14(11(3)19-9)10(2)17-15(18)12-4-6-13(16)7-5-12;/h4-8,10H,16H2,1-3H3,(H,17,18);1H. The van der Waals surface area contributed by atoms with Crippen molar-refractivity contribution in [3.63, 3.8) is 0 Å². The zero-order chi connectivity index (χ0) is 14.0. The Kier molecular flexibility index (Phi) is 5.60. The Morgan fingerprint density at radius 2 is 1.85 bits per heavy atom. The maximum Gasteiger partial charge on any atom is 0.251 e. The second kappa shape index (κ2) is 6.77. The van der Waals surface area contributed by atoms with Gasteiger partial charge in [0.25, 0.3) is 5.91 Å². The van der Waals surface area contributed by atoms with Crippen molar-refractivity contribution in [3.05, 3.63) is 51.2 Å². The maximum atomic E-state index is 12.1. The first-order chi connectivity index (χ1) is 8.97. The molecule has 0 saturated heterocycles. The van der Waals surface area contributed by atoms with Gasteiger partial charge in [0.2, 0.25) is 0 Å². The van der Waals surface area contributed by atoms with Crippen LogP contribution >= 0.6 is 23.7 Å². The van der Waals surface area contributed by atoms with Gasteiger partial charge >= 0.3 is 0 Å². The smallest absolute Gasteiger partial charge is 0.251 e. The highest BCUT2D eigenvalue weighted by atomic mass is 35.5. The van der Waals surface area contributed by atoms with Crippen LogP contribution < -0.4 is 11.1 Å². The summed E-state index contributed by atoms with van der Waals surface area (Å²) < 4.78 is 0. The van der Waals surface area contributed by atoms with Gasteiger partial charge in [0.15, 0.2) is 0 Å². The van der Waals surface area contributed by atoms with Gasteiger partial charge in [-0.2, -0.15) is 0 Å². The van der Waals surface area contributed by atoms with E-state index in [0.717, 1.165) is 0 Å². The Balaban J connectivity index is 0.00000200. The molecule has 108 valence electrons. The molecule has 2 rings (SSSR count). The fraction of sp³-hybridized carbons (Fsp3) is 0.267. The minimum Gasteiger partial charge on any atom is -0.399 e. The van der Waals surface area contributed by atoms with E-state index in [2.05, 4.69) is 25.2 Å². The largest absolute Gasteiger partial charge is 0.399 e. The molecule has 0 fully saturated rings. The third-order valence-corrected chi connectivity index (χ3v) is 4.05. The third kappa shape index (κ3) is 3.74. The fourth-order valence-corrected chi connectivity index (χ4v) is 3.10. The highest BCUT2D eigenvalue weighted by Crippen LogP contribution is 2.26. The Bertz CT molecular complexity index is 592. The lowest BCUT2D eigenvalue weighted by molar-refractivity contribution is 0.0940. The molecule has 20 heavy (non-hydrogen) atoms. The van der Waals surface area contributed by atoms with Crippen LogP contribution in [-0.2, 0) is 0 Å². The Morgan fingerprint density at radius 1 is 1.25 bits per heavy atom. The molecule has 3 nitrogen and oxygen atoms in total. The summed E-state index contributed by atoms with van der Waals surface area (Å²) >= 11 is 1.75. The predicted octanol–water partition coefficient (Wildman–Crippen LogP) is 3.86. The van der Waals surface area contributed by atoms with Crippen molar-refractivity contribution in [2.45, 2.75) is 26.8 Å². The molecular weight excluding hydrogens is 292 g/mol. The quantitative estimate of drug-likeness (QED) is 0.846.